The predicted octanol–water partition coefficient (Wildman–Crippen LogP) is 1.06. The van der Waals surface area contributed by atoms with Crippen molar-refractivity contribution in [1.29, 1.82) is 0 Å². The Labute approximate surface area is 103 Å². The zero-order valence-electron chi connectivity index (χ0n) is 10.9. The summed E-state index contributed by atoms with van der Waals surface area (Å²) < 4.78 is 5.50. The van der Waals surface area contributed by atoms with Crippen LogP contribution in [0, 0.1) is 5.92 Å². The highest BCUT2D eigenvalue weighted by Gasteiger charge is 2.35. The summed E-state index contributed by atoms with van der Waals surface area (Å²) in [5.74, 6) is 0.627. The number of carbonyl (C=O) groups excluding carboxylic acids is 1. The Morgan fingerprint density at radius 1 is 1.53 bits per heavy atom. The van der Waals surface area contributed by atoms with E-state index >= 15 is 0 Å². The molecular formula is C13H24N2O2. The number of hydrogen-bond donors (Lipinski definition) is 2. The number of piperidine rings is 1. The highest BCUT2D eigenvalue weighted by Crippen LogP contribution is 2.21. The largest absolute Gasteiger partial charge is 0.378 e. The third-order valence-electron chi connectivity index (χ3n) is 4.18. The fourth-order valence-corrected chi connectivity index (χ4v) is 2.71. The van der Waals surface area contributed by atoms with Crippen molar-refractivity contribution in [3.8, 4) is 0 Å². The van der Waals surface area contributed by atoms with E-state index in [1.54, 1.807) is 0 Å². The Bertz CT molecular complexity index is 275. The molecule has 3 atom stereocenters. The topological polar surface area (TPSA) is 50.4 Å². The van der Waals surface area contributed by atoms with E-state index in [9.17, 15) is 4.79 Å². The molecule has 0 bridgehead atoms. The van der Waals surface area contributed by atoms with Crippen LogP contribution < -0.4 is 10.6 Å². The Morgan fingerprint density at radius 2 is 2.35 bits per heavy atom. The van der Waals surface area contributed by atoms with Gasteiger partial charge in [-0.1, -0.05) is 0 Å². The highest BCUT2D eigenvalue weighted by atomic mass is 16.5. The van der Waals surface area contributed by atoms with Crippen LogP contribution in [0.4, 0.5) is 0 Å². The van der Waals surface area contributed by atoms with Crippen molar-refractivity contribution in [3.63, 3.8) is 0 Å². The summed E-state index contributed by atoms with van der Waals surface area (Å²) >= 11 is 0. The average Bonchev–Trinajstić information content (AvgIpc) is 2.73. The Kier molecular flexibility index (Phi) is 4.05. The number of hydrogen-bond acceptors (Lipinski definition) is 3. The summed E-state index contributed by atoms with van der Waals surface area (Å²) in [6, 6.07) is 0. The van der Waals surface area contributed by atoms with Crippen LogP contribution in [0.5, 0.6) is 0 Å². The van der Waals surface area contributed by atoms with Gasteiger partial charge in [-0.2, -0.15) is 0 Å². The molecule has 2 saturated heterocycles. The second-order valence-corrected chi connectivity index (χ2v) is 5.55. The molecule has 0 aliphatic carbocycles. The molecule has 2 rings (SSSR count). The van der Waals surface area contributed by atoms with Crippen LogP contribution in [0.15, 0.2) is 0 Å². The first-order valence-electron chi connectivity index (χ1n) is 6.77. The standard InChI is InChI=1S/C13H24N2O2/c1-10-11(5-8-17-10)9-14-12(16)13(2)6-3-4-7-15-13/h10-11,15H,3-9H2,1-2H3,(H,14,16). The first-order valence-corrected chi connectivity index (χ1v) is 6.77. The van der Waals surface area contributed by atoms with Gasteiger partial charge in [-0.15, -0.1) is 0 Å². The van der Waals surface area contributed by atoms with Crippen LogP contribution in [0.2, 0.25) is 0 Å². The second-order valence-electron chi connectivity index (χ2n) is 5.55. The van der Waals surface area contributed by atoms with Gasteiger partial charge in [0.1, 0.15) is 0 Å². The number of carbonyl (C=O) groups is 1. The molecule has 0 radical (unpaired) electrons. The molecule has 0 aromatic heterocycles. The van der Waals surface area contributed by atoms with Gasteiger partial charge in [-0.3, -0.25) is 4.79 Å². The van der Waals surface area contributed by atoms with Gasteiger partial charge in [0.2, 0.25) is 5.91 Å². The van der Waals surface area contributed by atoms with Crippen molar-refractivity contribution < 1.29 is 9.53 Å². The molecule has 98 valence electrons. The SMILES string of the molecule is CC1OCCC1CNC(=O)C1(C)CCCCN1. The van der Waals surface area contributed by atoms with Gasteiger partial charge >= 0.3 is 0 Å². The Hall–Kier alpha value is -0.610. The van der Waals surface area contributed by atoms with Gasteiger partial charge in [0.25, 0.3) is 0 Å². The molecule has 2 aliphatic heterocycles. The zero-order valence-corrected chi connectivity index (χ0v) is 10.9. The normalized spacial score (nSPS) is 38.0. The van der Waals surface area contributed by atoms with Crippen molar-refractivity contribution in [3.05, 3.63) is 0 Å². The lowest BCUT2D eigenvalue weighted by atomic mass is 9.90. The van der Waals surface area contributed by atoms with Crippen molar-refractivity contribution in [2.75, 3.05) is 19.7 Å². The van der Waals surface area contributed by atoms with E-state index in [1.807, 2.05) is 6.92 Å². The summed E-state index contributed by atoms with van der Waals surface area (Å²) in [5, 5.41) is 6.42. The second kappa shape index (κ2) is 5.36. The fraction of sp³-hybridized carbons (Fsp3) is 0.923. The van der Waals surface area contributed by atoms with Gasteiger partial charge in [0, 0.05) is 19.1 Å². The Morgan fingerprint density at radius 3 is 2.94 bits per heavy atom. The van der Waals surface area contributed by atoms with Gasteiger partial charge in [0.05, 0.1) is 11.6 Å². The molecule has 0 spiro atoms. The lowest BCUT2D eigenvalue weighted by molar-refractivity contribution is -0.128. The van der Waals surface area contributed by atoms with Crippen LogP contribution in [0.3, 0.4) is 0 Å². The molecule has 2 fully saturated rings. The average molecular weight is 240 g/mol. The molecule has 0 saturated carbocycles. The molecule has 4 heteroatoms. The minimum absolute atomic E-state index is 0.149. The van der Waals surface area contributed by atoms with E-state index < -0.39 is 0 Å². The van der Waals surface area contributed by atoms with E-state index in [0.717, 1.165) is 39.0 Å². The molecule has 4 nitrogen and oxygen atoms in total. The lowest BCUT2D eigenvalue weighted by Crippen LogP contribution is -2.57. The van der Waals surface area contributed by atoms with Crippen molar-refractivity contribution in [2.45, 2.75) is 51.2 Å². The van der Waals surface area contributed by atoms with E-state index in [4.69, 9.17) is 4.74 Å². The van der Waals surface area contributed by atoms with Crippen molar-refractivity contribution in [2.24, 2.45) is 5.92 Å². The van der Waals surface area contributed by atoms with Crippen LogP contribution in [-0.4, -0.2) is 37.2 Å². The molecule has 2 N–H and O–H groups in total. The molecule has 0 aromatic rings. The number of amides is 1. The maximum atomic E-state index is 12.2. The van der Waals surface area contributed by atoms with Crippen LogP contribution in [0.25, 0.3) is 0 Å². The third kappa shape index (κ3) is 2.99. The minimum Gasteiger partial charge on any atom is -0.378 e. The van der Waals surface area contributed by atoms with Crippen LogP contribution in [0.1, 0.15) is 39.5 Å². The Balaban J connectivity index is 1.80. The van der Waals surface area contributed by atoms with Crippen molar-refractivity contribution >= 4 is 5.91 Å². The van der Waals surface area contributed by atoms with Crippen molar-refractivity contribution in [1.82, 2.24) is 10.6 Å². The van der Waals surface area contributed by atoms with Gasteiger partial charge in [-0.05, 0) is 46.1 Å². The third-order valence-corrected chi connectivity index (χ3v) is 4.18. The summed E-state index contributed by atoms with van der Waals surface area (Å²) in [7, 11) is 0. The zero-order chi connectivity index (χ0) is 12.3. The van der Waals surface area contributed by atoms with Gasteiger partial charge in [-0.25, -0.2) is 0 Å². The van der Waals surface area contributed by atoms with E-state index in [1.165, 1.54) is 6.42 Å². The monoisotopic (exact) mass is 240 g/mol. The smallest absolute Gasteiger partial charge is 0.240 e. The highest BCUT2D eigenvalue weighted by molar-refractivity contribution is 5.85. The summed E-state index contributed by atoms with van der Waals surface area (Å²) in [4.78, 5) is 12.2. The maximum absolute atomic E-state index is 12.2. The summed E-state index contributed by atoms with van der Waals surface area (Å²) in [6.07, 6.45) is 4.60. The molecular weight excluding hydrogens is 216 g/mol. The van der Waals surface area contributed by atoms with Gasteiger partial charge < -0.3 is 15.4 Å². The van der Waals surface area contributed by atoms with E-state index in [0.29, 0.717) is 5.92 Å². The molecule has 17 heavy (non-hydrogen) atoms. The van der Waals surface area contributed by atoms with E-state index in [-0.39, 0.29) is 17.6 Å². The van der Waals surface area contributed by atoms with E-state index in [2.05, 4.69) is 17.6 Å². The summed E-state index contributed by atoms with van der Waals surface area (Å²) in [6.45, 7) is 6.63. The predicted molar refractivity (Wildman–Crippen MR) is 66.8 cm³/mol. The number of nitrogens with one attached hydrogen (secondary N) is 2. The minimum atomic E-state index is -0.360. The number of ether oxygens (including phenoxy) is 1. The van der Waals surface area contributed by atoms with Gasteiger partial charge in [0.15, 0.2) is 0 Å². The first-order chi connectivity index (χ1) is 8.12. The molecule has 0 aromatic carbocycles. The van der Waals surface area contributed by atoms with Crippen LogP contribution in [-0.2, 0) is 9.53 Å². The molecule has 3 unspecified atom stereocenters. The quantitative estimate of drug-likeness (QED) is 0.775. The first kappa shape index (κ1) is 12.8. The van der Waals surface area contributed by atoms with Crippen LogP contribution >= 0.6 is 0 Å². The lowest BCUT2D eigenvalue weighted by Gasteiger charge is -2.33. The molecule has 2 heterocycles. The maximum Gasteiger partial charge on any atom is 0.240 e. The fourth-order valence-electron chi connectivity index (χ4n) is 2.71. The number of rotatable bonds is 3. The molecule has 1 amide bonds. The summed E-state index contributed by atoms with van der Waals surface area (Å²) in [5.41, 5.74) is -0.360. The molecule has 2 aliphatic rings.